The van der Waals surface area contributed by atoms with Crippen LogP contribution in [-0.2, 0) is 25.4 Å². The number of amides is 1. The summed E-state index contributed by atoms with van der Waals surface area (Å²) in [6.45, 7) is 0. The van der Waals surface area contributed by atoms with Crippen molar-refractivity contribution in [2.45, 2.75) is 24.6 Å². The molecule has 7 nitrogen and oxygen atoms in total. The first-order valence-electron chi connectivity index (χ1n) is 5.95. The Bertz CT molecular complexity index is 615. The van der Waals surface area contributed by atoms with Crippen LogP contribution in [0, 0.1) is 5.82 Å². The van der Waals surface area contributed by atoms with E-state index in [1.54, 1.807) is 0 Å². The lowest BCUT2D eigenvalue weighted by atomic mass is 10.2. The molecule has 0 saturated heterocycles. The molecule has 0 aromatic heterocycles. The van der Waals surface area contributed by atoms with E-state index in [4.69, 9.17) is 10.8 Å². The smallest absolute Gasteiger partial charge is 0.321 e. The highest BCUT2D eigenvalue weighted by Crippen LogP contribution is 2.08. The predicted molar refractivity (Wildman–Crippen MR) is 72.0 cm³/mol. The summed E-state index contributed by atoms with van der Waals surface area (Å²) in [4.78, 5) is 21.6. The third-order valence-corrected chi connectivity index (χ3v) is 3.93. The number of hydrogen-bond donors (Lipinski definition) is 3. The predicted octanol–water partition coefficient (Wildman–Crippen LogP) is -0.0362. The zero-order valence-electron chi connectivity index (χ0n) is 11.0. The molecule has 21 heavy (non-hydrogen) atoms. The lowest BCUT2D eigenvalue weighted by molar-refractivity contribution is -0.139. The molecule has 4 N–H and O–H groups in total. The number of halogens is 1. The Morgan fingerprint density at radius 3 is 2.33 bits per heavy atom. The number of carboxylic acids is 1. The average Bonchev–Trinajstić information content (AvgIpc) is 2.36. The number of primary amides is 1. The first-order chi connectivity index (χ1) is 9.69. The molecule has 1 rings (SSSR count). The third kappa shape index (κ3) is 6.32. The van der Waals surface area contributed by atoms with Crippen LogP contribution in [0.2, 0.25) is 0 Å². The van der Waals surface area contributed by atoms with Gasteiger partial charge in [0.2, 0.25) is 15.9 Å². The highest BCUT2D eigenvalue weighted by molar-refractivity contribution is 7.88. The maximum absolute atomic E-state index is 12.7. The summed E-state index contributed by atoms with van der Waals surface area (Å²) >= 11 is 0. The van der Waals surface area contributed by atoms with Crippen molar-refractivity contribution in [3.05, 3.63) is 35.6 Å². The van der Waals surface area contributed by atoms with Crippen LogP contribution in [0.1, 0.15) is 18.4 Å². The SMILES string of the molecule is NC(=O)CC[C@@H](NS(=O)(=O)Cc1ccc(F)cc1)C(=O)O. The number of nitrogens with two attached hydrogens (primary N) is 1. The van der Waals surface area contributed by atoms with E-state index in [2.05, 4.69) is 0 Å². The first-order valence-corrected chi connectivity index (χ1v) is 7.60. The van der Waals surface area contributed by atoms with E-state index in [1.165, 1.54) is 12.1 Å². The van der Waals surface area contributed by atoms with Gasteiger partial charge in [0.15, 0.2) is 0 Å². The summed E-state index contributed by atoms with van der Waals surface area (Å²) in [5, 5.41) is 8.92. The summed E-state index contributed by atoms with van der Waals surface area (Å²) in [5.74, 6) is -3.12. The van der Waals surface area contributed by atoms with Crippen molar-refractivity contribution < 1.29 is 27.5 Å². The normalized spacial score (nSPS) is 12.8. The van der Waals surface area contributed by atoms with Crippen LogP contribution < -0.4 is 10.5 Å². The van der Waals surface area contributed by atoms with E-state index in [0.717, 1.165) is 12.1 Å². The monoisotopic (exact) mass is 318 g/mol. The molecule has 0 aliphatic rings. The molecule has 0 heterocycles. The second kappa shape index (κ2) is 7.14. The van der Waals surface area contributed by atoms with Gasteiger partial charge in [0.05, 0.1) is 5.75 Å². The highest BCUT2D eigenvalue weighted by atomic mass is 32.2. The van der Waals surface area contributed by atoms with Crippen molar-refractivity contribution >= 4 is 21.9 Å². The number of aliphatic carboxylic acids is 1. The second-order valence-corrected chi connectivity index (χ2v) is 6.15. The van der Waals surface area contributed by atoms with Crippen molar-refractivity contribution in [2.24, 2.45) is 5.73 Å². The number of benzene rings is 1. The van der Waals surface area contributed by atoms with Gasteiger partial charge in [0.1, 0.15) is 11.9 Å². The van der Waals surface area contributed by atoms with Gasteiger partial charge >= 0.3 is 5.97 Å². The van der Waals surface area contributed by atoms with Crippen LogP contribution >= 0.6 is 0 Å². The highest BCUT2D eigenvalue weighted by Gasteiger charge is 2.24. The zero-order chi connectivity index (χ0) is 16.0. The van der Waals surface area contributed by atoms with Crippen LogP contribution in [0.15, 0.2) is 24.3 Å². The molecular weight excluding hydrogens is 303 g/mol. The summed E-state index contributed by atoms with van der Waals surface area (Å²) < 4.78 is 38.4. The fraction of sp³-hybridized carbons (Fsp3) is 0.333. The molecule has 0 aliphatic heterocycles. The van der Waals surface area contributed by atoms with Gasteiger partial charge in [0, 0.05) is 6.42 Å². The van der Waals surface area contributed by atoms with Crippen molar-refractivity contribution in [3.63, 3.8) is 0 Å². The van der Waals surface area contributed by atoms with Gasteiger partial charge in [-0.15, -0.1) is 0 Å². The number of carbonyl (C=O) groups is 2. The molecule has 0 unspecified atom stereocenters. The molecule has 0 saturated carbocycles. The molecule has 0 bridgehead atoms. The Labute approximate surface area is 121 Å². The molecule has 1 aromatic rings. The Morgan fingerprint density at radius 1 is 1.29 bits per heavy atom. The molecule has 0 spiro atoms. The fourth-order valence-electron chi connectivity index (χ4n) is 1.58. The van der Waals surface area contributed by atoms with E-state index in [1.807, 2.05) is 4.72 Å². The van der Waals surface area contributed by atoms with Gasteiger partial charge in [-0.05, 0) is 24.1 Å². The maximum atomic E-state index is 12.7. The quantitative estimate of drug-likeness (QED) is 0.620. The van der Waals surface area contributed by atoms with Crippen molar-refractivity contribution in [3.8, 4) is 0 Å². The minimum absolute atomic E-state index is 0.243. The molecule has 1 aromatic carbocycles. The Hall–Kier alpha value is -2.00. The van der Waals surface area contributed by atoms with Crippen LogP contribution in [0.3, 0.4) is 0 Å². The Balaban J connectivity index is 2.74. The van der Waals surface area contributed by atoms with Gasteiger partial charge in [-0.25, -0.2) is 17.5 Å². The summed E-state index contributed by atoms with van der Waals surface area (Å²) in [6.07, 6.45) is -0.497. The Morgan fingerprint density at radius 2 is 1.86 bits per heavy atom. The van der Waals surface area contributed by atoms with Crippen LogP contribution in [-0.4, -0.2) is 31.4 Å². The second-order valence-electron chi connectivity index (χ2n) is 4.40. The molecular formula is C12H15FN2O5S. The Kier molecular flexibility index (Phi) is 5.79. The molecule has 0 aliphatic carbocycles. The van der Waals surface area contributed by atoms with Gasteiger partial charge in [-0.1, -0.05) is 12.1 Å². The molecule has 0 fully saturated rings. The maximum Gasteiger partial charge on any atom is 0.321 e. The minimum atomic E-state index is -3.95. The van der Waals surface area contributed by atoms with Gasteiger partial charge in [-0.3, -0.25) is 9.59 Å². The van der Waals surface area contributed by atoms with Crippen molar-refractivity contribution in [1.29, 1.82) is 0 Å². The number of carbonyl (C=O) groups excluding carboxylic acids is 1. The lowest BCUT2D eigenvalue weighted by Crippen LogP contribution is -2.41. The molecule has 1 atom stereocenters. The van der Waals surface area contributed by atoms with E-state index >= 15 is 0 Å². The van der Waals surface area contributed by atoms with Crippen molar-refractivity contribution in [1.82, 2.24) is 4.72 Å². The summed E-state index contributed by atoms with van der Waals surface area (Å²) in [7, 11) is -3.95. The van der Waals surface area contributed by atoms with Crippen molar-refractivity contribution in [2.75, 3.05) is 0 Å². The average molecular weight is 318 g/mol. The molecule has 9 heteroatoms. The number of carboxylic acid groups (broad SMARTS) is 1. The van der Waals surface area contributed by atoms with Crippen LogP contribution in [0.4, 0.5) is 4.39 Å². The topological polar surface area (TPSA) is 127 Å². The third-order valence-electron chi connectivity index (χ3n) is 2.57. The standard InChI is InChI=1S/C12H15FN2O5S/c13-9-3-1-8(2-4-9)7-21(19,20)15-10(12(17)18)5-6-11(14)16/h1-4,10,15H,5-7H2,(H2,14,16)(H,17,18)/t10-/m1/s1. The number of hydrogen-bond acceptors (Lipinski definition) is 4. The molecule has 116 valence electrons. The molecule has 0 radical (unpaired) electrons. The summed E-state index contributed by atoms with van der Waals surface area (Å²) in [6, 6.07) is 3.34. The fourth-order valence-corrected chi connectivity index (χ4v) is 2.94. The van der Waals surface area contributed by atoms with E-state index < -0.39 is 39.5 Å². The zero-order valence-corrected chi connectivity index (χ0v) is 11.8. The van der Waals surface area contributed by atoms with Gasteiger partial charge in [-0.2, -0.15) is 0 Å². The van der Waals surface area contributed by atoms with E-state index in [0.29, 0.717) is 5.56 Å². The first kappa shape index (κ1) is 17.1. The van der Waals surface area contributed by atoms with E-state index in [-0.39, 0.29) is 12.8 Å². The minimum Gasteiger partial charge on any atom is -0.480 e. The van der Waals surface area contributed by atoms with Crippen LogP contribution in [0.25, 0.3) is 0 Å². The number of rotatable bonds is 8. The largest absolute Gasteiger partial charge is 0.480 e. The van der Waals surface area contributed by atoms with E-state index in [9.17, 15) is 22.4 Å². The van der Waals surface area contributed by atoms with Gasteiger partial charge in [0.25, 0.3) is 0 Å². The van der Waals surface area contributed by atoms with Crippen LogP contribution in [0.5, 0.6) is 0 Å². The summed E-state index contributed by atoms with van der Waals surface area (Å²) in [5.41, 5.74) is 5.21. The number of sulfonamides is 1. The molecule has 1 amide bonds. The van der Waals surface area contributed by atoms with Gasteiger partial charge < -0.3 is 10.8 Å². The number of nitrogens with one attached hydrogen (secondary N) is 1. The lowest BCUT2D eigenvalue weighted by Gasteiger charge is -2.14.